The molecule has 0 fully saturated rings. The minimum absolute atomic E-state index is 0.786. The van der Waals surface area contributed by atoms with Crippen molar-refractivity contribution in [2.24, 2.45) is 5.92 Å². The lowest BCUT2D eigenvalue weighted by Crippen LogP contribution is -2.17. The molecule has 16 heavy (non-hydrogen) atoms. The van der Waals surface area contributed by atoms with Gasteiger partial charge in [-0.3, -0.25) is 0 Å². The van der Waals surface area contributed by atoms with Crippen LogP contribution >= 0.6 is 23.4 Å². The average molecular weight is 258 g/mol. The van der Waals surface area contributed by atoms with E-state index in [2.05, 4.69) is 25.2 Å². The first-order valence-corrected chi connectivity index (χ1v) is 7.25. The van der Waals surface area contributed by atoms with Crippen LogP contribution in [0.15, 0.2) is 24.3 Å². The molecule has 0 saturated heterocycles. The van der Waals surface area contributed by atoms with E-state index in [1.54, 1.807) is 0 Å². The first kappa shape index (κ1) is 13.9. The third kappa shape index (κ3) is 5.78. The van der Waals surface area contributed by atoms with Crippen LogP contribution in [-0.4, -0.2) is 18.1 Å². The zero-order valence-electron chi connectivity index (χ0n) is 10.0. The van der Waals surface area contributed by atoms with E-state index in [1.807, 2.05) is 30.0 Å². The molecular weight excluding hydrogens is 238 g/mol. The molecule has 3 heteroatoms. The molecular formula is C13H20ClNS. The van der Waals surface area contributed by atoms with Crippen molar-refractivity contribution in [1.82, 2.24) is 5.32 Å². The van der Waals surface area contributed by atoms with E-state index in [4.69, 9.17) is 11.6 Å². The van der Waals surface area contributed by atoms with Crippen molar-refractivity contribution in [3.8, 4) is 0 Å². The molecule has 1 rings (SSSR count). The van der Waals surface area contributed by atoms with Crippen molar-refractivity contribution in [1.29, 1.82) is 0 Å². The van der Waals surface area contributed by atoms with Gasteiger partial charge in [-0.15, -0.1) is 0 Å². The molecule has 0 saturated carbocycles. The molecule has 0 aliphatic carbocycles. The monoisotopic (exact) mass is 257 g/mol. The first-order chi connectivity index (χ1) is 7.70. The molecule has 1 N–H and O–H groups in total. The van der Waals surface area contributed by atoms with Gasteiger partial charge in [0.2, 0.25) is 0 Å². The number of rotatable bonds is 7. The summed E-state index contributed by atoms with van der Waals surface area (Å²) in [5.74, 6) is 3.20. The zero-order chi connectivity index (χ0) is 11.8. The first-order valence-electron chi connectivity index (χ1n) is 5.72. The van der Waals surface area contributed by atoms with E-state index >= 15 is 0 Å². The van der Waals surface area contributed by atoms with E-state index in [-0.39, 0.29) is 0 Å². The van der Waals surface area contributed by atoms with Crippen LogP contribution in [-0.2, 0) is 6.54 Å². The molecule has 0 spiro atoms. The average Bonchev–Trinajstić information content (AvgIpc) is 2.25. The van der Waals surface area contributed by atoms with Crippen molar-refractivity contribution < 1.29 is 0 Å². The number of nitrogens with one attached hydrogen (secondary N) is 1. The van der Waals surface area contributed by atoms with Gasteiger partial charge in [0.1, 0.15) is 0 Å². The van der Waals surface area contributed by atoms with Crippen LogP contribution < -0.4 is 5.32 Å². The van der Waals surface area contributed by atoms with Gasteiger partial charge in [0.25, 0.3) is 0 Å². The highest BCUT2D eigenvalue weighted by molar-refractivity contribution is 7.99. The minimum atomic E-state index is 0.786. The highest BCUT2D eigenvalue weighted by atomic mass is 35.5. The largest absolute Gasteiger partial charge is 0.312 e. The molecule has 0 atom stereocenters. The van der Waals surface area contributed by atoms with Crippen LogP contribution in [0.1, 0.15) is 19.4 Å². The van der Waals surface area contributed by atoms with Gasteiger partial charge >= 0.3 is 0 Å². The van der Waals surface area contributed by atoms with Crippen LogP contribution in [0.3, 0.4) is 0 Å². The lowest BCUT2D eigenvalue weighted by Gasteiger charge is -2.07. The van der Waals surface area contributed by atoms with Gasteiger partial charge in [-0.05, 0) is 23.3 Å². The Labute approximate surface area is 108 Å². The van der Waals surface area contributed by atoms with E-state index in [0.29, 0.717) is 0 Å². The molecule has 0 bridgehead atoms. The maximum atomic E-state index is 6.06. The lowest BCUT2D eigenvalue weighted by atomic mass is 10.2. The zero-order valence-corrected chi connectivity index (χ0v) is 11.6. The Morgan fingerprint density at radius 1 is 1.31 bits per heavy atom. The fourth-order valence-electron chi connectivity index (χ4n) is 1.33. The molecule has 1 aromatic rings. The smallest absolute Gasteiger partial charge is 0.0450 e. The third-order valence-corrected chi connectivity index (χ3v) is 3.91. The highest BCUT2D eigenvalue weighted by Gasteiger charge is 1.98. The van der Waals surface area contributed by atoms with Crippen molar-refractivity contribution in [2.75, 3.05) is 18.1 Å². The van der Waals surface area contributed by atoms with Gasteiger partial charge in [0, 0.05) is 23.9 Å². The van der Waals surface area contributed by atoms with Crippen LogP contribution in [0.2, 0.25) is 5.02 Å². The van der Waals surface area contributed by atoms with Gasteiger partial charge < -0.3 is 5.32 Å². The van der Waals surface area contributed by atoms with Gasteiger partial charge in [-0.25, -0.2) is 0 Å². The molecule has 0 unspecified atom stereocenters. The SMILES string of the molecule is CC(C)CSCCNCc1ccccc1Cl. The maximum absolute atomic E-state index is 6.06. The Kier molecular flexibility index (Phi) is 6.93. The lowest BCUT2D eigenvalue weighted by molar-refractivity contribution is 0.726. The van der Waals surface area contributed by atoms with E-state index in [9.17, 15) is 0 Å². The van der Waals surface area contributed by atoms with Crippen LogP contribution in [0.4, 0.5) is 0 Å². The summed E-state index contributed by atoms with van der Waals surface area (Å²) in [7, 11) is 0. The van der Waals surface area contributed by atoms with Crippen molar-refractivity contribution in [3.63, 3.8) is 0 Å². The third-order valence-electron chi connectivity index (χ3n) is 2.15. The van der Waals surface area contributed by atoms with E-state index in [1.165, 1.54) is 17.1 Å². The van der Waals surface area contributed by atoms with Gasteiger partial charge in [0.15, 0.2) is 0 Å². The van der Waals surface area contributed by atoms with E-state index < -0.39 is 0 Å². The van der Waals surface area contributed by atoms with Gasteiger partial charge in [-0.2, -0.15) is 11.8 Å². The second-order valence-corrected chi connectivity index (χ2v) is 5.79. The number of halogens is 1. The second-order valence-electron chi connectivity index (χ2n) is 4.24. The fraction of sp³-hybridized carbons (Fsp3) is 0.538. The minimum Gasteiger partial charge on any atom is -0.312 e. The summed E-state index contributed by atoms with van der Waals surface area (Å²) < 4.78 is 0. The summed E-state index contributed by atoms with van der Waals surface area (Å²) in [4.78, 5) is 0. The number of hydrogen-bond donors (Lipinski definition) is 1. The number of thioether (sulfide) groups is 1. The van der Waals surface area contributed by atoms with E-state index in [0.717, 1.165) is 24.0 Å². The van der Waals surface area contributed by atoms with Crippen molar-refractivity contribution >= 4 is 23.4 Å². The van der Waals surface area contributed by atoms with Crippen molar-refractivity contribution in [2.45, 2.75) is 20.4 Å². The van der Waals surface area contributed by atoms with Crippen LogP contribution in [0.25, 0.3) is 0 Å². The number of benzene rings is 1. The molecule has 90 valence electrons. The molecule has 0 amide bonds. The fourth-order valence-corrected chi connectivity index (χ4v) is 2.46. The molecule has 0 heterocycles. The molecule has 0 aliphatic rings. The van der Waals surface area contributed by atoms with Gasteiger partial charge in [-0.1, -0.05) is 43.6 Å². The molecule has 1 aromatic carbocycles. The Morgan fingerprint density at radius 2 is 2.06 bits per heavy atom. The topological polar surface area (TPSA) is 12.0 Å². The Bertz CT molecular complexity index is 302. The summed E-state index contributed by atoms with van der Waals surface area (Å²) in [5, 5.41) is 4.26. The standard InChI is InChI=1S/C13H20ClNS/c1-11(2)10-16-8-7-15-9-12-5-3-4-6-13(12)14/h3-6,11,15H,7-10H2,1-2H3. The summed E-state index contributed by atoms with van der Waals surface area (Å²) in [6.07, 6.45) is 0. The molecule has 1 nitrogen and oxygen atoms in total. The Balaban J connectivity index is 2.10. The van der Waals surface area contributed by atoms with Crippen molar-refractivity contribution in [3.05, 3.63) is 34.9 Å². The summed E-state index contributed by atoms with van der Waals surface area (Å²) in [6.45, 7) is 6.42. The molecule has 0 aliphatic heterocycles. The predicted octanol–water partition coefficient (Wildman–Crippen LogP) is 3.82. The molecule has 0 aromatic heterocycles. The Morgan fingerprint density at radius 3 is 2.75 bits per heavy atom. The quantitative estimate of drug-likeness (QED) is 0.746. The molecule has 0 radical (unpaired) electrons. The second kappa shape index (κ2) is 7.99. The predicted molar refractivity (Wildman–Crippen MR) is 75.3 cm³/mol. The normalized spacial score (nSPS) is 11.0. The Hall–Kier alpha value is -0.180. The maximum Gasteiger partial charge on any atom is 0.0450 e. The summed E-state index contributed by atoms with van der Waals surface area (Å²) >= 11 is 8.07. The summed E-state index contributed by atoms with van der Waals surface area (Å²) in [6, 6.07) is 7.99. The van der Waals surface area contributed by atoms with Gasteiger partial charge in [0.05, 0.1) is 0 Å². The number of hydrogen-bond acceptors (Lipinski definition) is 2. The highest BCUT2D eigenvalue weighted by Crippen LogP contribution is 2.14. The van der Waals surface area contributed by atoms with Crippen LogP contribution in [0, 0.1) is 5.92 Å². The van der Waals surface area contributed by atoms with Crippen LogP contribution in [0.5, 0.6) is 0 Å². The summed E-state index contributed by atoms with van der Waals surface area (Å²) in [5.41, 5.74) is 1.18.